The molecule has 3 amide bonds. The fraction of sp³-hybridized carbons (Fsp3) is 0.500. The number of aromatic hydroxyl groups is 1. The quantitative estimate of drug-likeness (QED) is 0.321. The zero-order valence-corrected chi connectivity index (χ0v) is 25.1. The van der Waals surface area contributed by atoms with Gasteiger partial charge in [0.1, 0.15) is 23.4 Å². The van der Waals surface area contributed by atoms with Crippen LogP contribution in [0.5, 0.6) is 5.75 Å². The maximum absolute atomic E-state index is 14.4. The number of carbonyl (C=O) groups is 3. The fourth-order valence-electron chi connectivity index (χ4n) is 4.14. The van der Waals surface area contributed by atoms with Gasteiger partial charge in [0, 0.05) is 11.1 Å². The van der Waals surface area contributed by atoms with Crippen LogP contribution < -0.4 is 10.6 Å². The molecule has 214 valence electrons. The molecule has 9 heteroatoms. The van der Waals surface area contributed by atoms with Gasteiger partial charge in [0.2, 0.25) is 5.91 Å². The second-order valence-electron chi connectivity index (χ2n) is 11.6. The highest BCUT2D eigenvalue weighted by Gasteiger charge is 2.44. The summed E-state index contributed by atoms with van der Waals surface area (Å²) in [7, 11) is 0. The number of nitrogens with one attached hydrogen (secondary N) is 2. The molecule has 2 atom stereocenters. The largest absolute Gasteiger partial charge is 0.508 e. The first-order chi connectivity index (χ1) is 18.0. The van der Waals surface area contributed by atoms with Crippen LogP contribution in [0.15, 0.2) is 42.5 Å². The summed E-state index contributed by atoms with van der Waals surface area (Å²) in [6.07, 6.45) is -0.252. The van der Waals surface area contributed by atoms with Crippen molar-refractivity contribution in [3.8, 4) is 5.75 Å². The zero-order chi connectivity index (χ0) is 29.7. The molecule has 2 unspecified atom stereocenters. The van der Waals surface area contributed by atoms with E-state index in [2.05, 4.69) is 10.6 Å². The van der Waals surface area contributed by atoms with Crippen LogP contribution in [0.4, 0.5) is 10.5 Å². The Morgan fingerprint density at radius 1 is 1.03 bits per heavy atom. The molecule has 0 bridgehead atoms. The lowest BCUT2D eigenvalue weighted by atomic mass is 9.90. The Morgan fingerprint density at radius 2 is 1.64 bits per heavy atom. The minimum Gasteiger partial charge on any atom is -0.508 e. The molecule has 39 heavy (non-hydrogen) atoms. The van der Waals surface area contributed by atoms with E-state index < -0.39 is 41.1 Å². The highest BCUT2D eigenvalue weighted by atomic mass is 35.5. The molecule has 2 rings (SSSR count). The number of hydrogen-bond donors (Lipinski definition) is 3. The lowest BCUT2D eigenvalue weighted by Crippen LogP contribution is -2.60. The maximum atomic E-state index is 14.4. The van der Waals surface area contributed by atoms with Gasteiger partial charge in [-0.05, 0) is 71.6 Å². The van der Waals surface area contributed by atoms with Gasteiger partial charge in [-0.15, -0.1) is 0 Å². The van der Waals surface area contributed by atoms with Crippen molar-refractivity contribution in [2.24, 2.45) is 5.92 Å². The molecule has 2 aromatic carbocycles. The number of anilines is 1. The predicted octanol–water partition coefficient (Wildman–Crippen LogP) is 6.60. The van der Waals surface area contributed by atoms with Crippen molar-refractivity contribution in [2.45, 2.75) is 92.0 Å². The van der Waals surface area contributed by atoms with Crippen LogP contribution in [0.1, 0.15) is 79.0 Å². The van der Waals surface area contributed by atoms with Crippen molar-refractivity contribution in [3.05, 3.63) is 58.6 Å². The molecule has 0 heterocycles. The average molecular weight is 560 g/mol. The second-order valence-corrected chi connectivity index (χ2v) is 12.0. The normalized spacial score (nSPS) is 13.4. The van der Waals surface area contributed by atoms with Crippen LogP contribution >= 0.6 is 11.6 Å². The Kier molecular flexibility index (Phi) is 10.4. The van der Waals surface area contributed by atoms with Crippen molar-refractivity contribution < 1.29 is 24.2 Å². The van der Waals surface area contributed by atoms with Gasteiger partial charge in [-0.25, -0.2) is 4.79 Å². The van der Waals surface area contributed by atoms with Crippen LogP contribution in [0, 0.1) is 12.8 Å². The van der Waals surface area contributed by atoms with Crippen molar-refractivity contribution in [2.75, 3.05) is 5.32 Å². The van der Waals surface area contributed by atoms with E-state index in [0.29, 0.717) is 17.1 Å². The zero-order valence-electron chi connectivity index (χ0n) is 24.4. The SMILES string of the molecule is CCC(C)(C)N(C(=O)C(NC(=O)OC(C)(C)C)C(C)C)C(C(=O)Nc1c(C)cccc1Cl)c1ccccc1O. The van der Waals surface area contributed by atoms with E-state index in [1.165, 1.54) is 11.0 Å². The van der Waals surface area contributed by atoms with Crippen LogP contribution in [-0.4, -0.2) is 45.1 Å². The first kappa shape index (κ1) is 32.0. The summed E-state index contributed by atoms with van der Waals surface area (Å²) in [6.45, 7) is 16.2. The number of hydrogen-bond acceptors (Lipinski definition) is 5. The molecular formula is C30H42ClN3O5. The number of alkyl carbamates (subject to hydrolysis) is 1. The Morgan fingerprint density at radius 3 is 2.15 bits per heavy atom. The van der Waals surface area contributed by atoms with Gasteiger partial charge in [-0.2, -0.15) is 0 Å². The fourth-order valence-corrected chi connectivity index (χ4v) is 4.41. The molecular weight excluding hydrogens is 518 g/mol. The van der Waals surface area contributed by atoms with Gasteiger partial charge in [-0.3, -0.25) is 9.59 Å². The Labute approximate surface area is 237 Å². The number of ether oxygens (including phenoxy) is 1. The average Bonchev–Trinajstić information content (AvgIpc) is 2.82. The van der Waals surface area contributed by atoms with E-state index in [1.807, 2.05) is 33.8 Å². The first-order valence-electron chi connectivity index (χ1n) is 13.2. The summed E-state index contributed by atoms with van der Waals surface area (Å²) in [5, 5.41) is 16.8. The lowest BCUT2D eigenvalue weighted by Gasteiger charge is -2.45. The van der Waals surface area contributed by atoms with Crippen LogP contribution in [0.3, 0.4) is 0 Å². The summed E-state index contributed by atoms with van der Waals surface area (Å²) in [5.41, 5.74) is -0.221. The van der Waals surface area contributed by atoms with E-state index in [4.69, 9.17) is 16.3 Å². The van der Waals surface area contributed by atoms with E-state index in [-0.39, 0.29) is 17.2 Å². The number of aryl methyl sites for hydroxylation is 1. The first-order valence-corrected chi connectivity index (χ1v) is 13.5. The van der Waals surface area contributed by atoms with E-state index in [0.717, 1.165) is 5.56 Å². The molecule has 0 radical (unpaired) electrons. The summed E-state index contributed by atoms with van der Waals surface area (Å²) in [6, 6.07) is 9.42. The van der Waals surface area contributed by atoms with Crippen molar-refractivity contribution >= 4 is 35.2 Å². The smallest absolute Gasteiger partial charge is 0.408 e. The highest BCUT2D eigenvalue weighted by Crippen LogP contribution is 2.37. The maximum Gasteiger partial charge on any atom is 0.408 e. The monoisotopic (exact) mass is 559 g/mol. The van der Waals surface area contributed by atoms with Crippen molar-refractivity contribution in [1.82, 2.24) is 10.2 Å². The molecule has 0 aliphatic rings. The number of rotatable bonds is 9. The molecule has 8 nitrogen and oxygen atoms in total. The van der Waals surface area contributed by atoms with Crippen molar-refractivity contribution in [3.63, 3.8) is 0 Å². The number of phenolic OH excluding ortho intramolecular Hbond substituents is 1. The minimum absolute atomic E-state index is 0.139. The third-order valence-electron chi connectivity index (χ3n) is 6.57. The summed E-state index contributed by atoms with van der Waals surface area (Å²) >= 11 is 6.41. The second kappa shape index (κ2) is 12.7. The third-order valence-corrected chi connectivity index (χ3v) is 6.88. The number of carbonyl (C=O) groups excluding carboxylic acids is 3. The number of halogens is 1. The van der Waals surface area contributed by atoms with Crippen LogP contribution in [-0.2, 0) is 14.3 Å². The molecule has 0 aliphatic carbocycles. The lowest BCUT2D eigenvalue weighted by molar-refractivity contribution is -0.148. The van der Waals surface area contributed by atoms with Crippen molar-refractivity contribution in [1.29, 1.82) is 0 Å². The predicted molar refractivity (Wildman–Crippen MR) is 155 cm³/mol. The molecule has 0 fully saturated rings. The molecule has 0 spiro atoms. The Hall–Kier alpha value is -3.26. The number of phenols is 1. The number of benzene rings is 2. The standard InChI is InChI=1S/C30H42ClN3O5/c1-10-30(8,9)34(27(37)23(18(2)3)33-28(38)39-29(5,6)7)25(20-15-11-12-17-22(20)35)26(36)32-24-19(4)14-13-16-21(24)31/h11-18,23,25,35H,10H2,1-9H3,(H,32,36)(H,33,38). The third kappa shape index (κ3) is 8.12. The van der Waals surface area contributed by atoms with Gasteiger partial charge >= 0.3 is 6.09 Å². The highest BCUT2D eigenvalue weighted by molar-refractivity contribution is 6.34. The van der Waals surface area contributed by atoms with Crippen LogP contribution in [0.25, 0.3) is 0 Å². The molecule has 3 N–H and O–H groups in total. The number of nitrogens with zero attached hydrogens (tertiary/aromatic N) is 1. The number of amides is 3. The van der Waals surface area contributed by atoms with Gasteiger partial charge in [0.25, 0.3) is 5.91 Å². The minimum atomic E-state index is -1.24. The van der Waals surface area contributed by atoms with Gasteiger partial charge in [0.05, 0.1) is 10.7 Å². The summed E-state index contributed by atoms with van der Waals surface area (Å²) < 4.78 is 5.42. The van der Waals surface area contributed by atoms with Gasteiger partial charge < -0.3 is 25.4 Å². The Bertz CT molecular complexity index is 1170. The van der Waals surface area contributed by atoms with Crippen LogP contribution in [0.2, 0.25) is 5.02 Å². The molecule has 0 aliphatic heterocycles. The summed E-state index contributed by atoms with van der Waals surface area (Å²) in [4.78, 5) is 42.6. The number of para-hydroxylation sites is 2. The molecule has 0 saturated carbocycles. The molecule has 0 aromatic heterocycles. The van der Waals surface area contributed by atoms with E-state index in [9.17, 15) is 19.5 Å². The van der Waals surface area contributed by atoms with Gasteiger partial charge in [0.15, 0.2) is 0 Å². The van der Waals surface area contributed by atoms with E-state index in [1.54, 1.807) is 65.0 Å². The molecule has 2 aromatic rings. The summed E-state index contributed by atoms with van der Waals surface area (Å²) in [5.74, 6) is -1.51. The Balaban J connectivity index is 2.69. The molecule has 0 saturated heterocycles. The van der Waals surface area contributed by atoms with Gasteiger partial charge in [-0.1, -0.05) is 62.7 Å². The topological polar surface area (TPSA) is 108 Å². The van der Waals surface area contributed by atoms with E-state index >= 15 is 0 Å².